The lowest BCUT2D eigenvalue weighted by atomic mass is 9.76. The van der Waals surface area contributed by atoms with Crippen LogP contribution < -0.4 is 25.8 Å². The van der Waals surface area contributed by atoms with Gasteiger partial charge in [0, 0.05) is 19.0 Å². The Labute approximate surface area is 249 Å². The molecule has 228 valence electrons. The zero-order valence-electron chi connectivity index (χ0n) is 25.2. The third-order valence-electron chi connectivity index (χ3n) is 8.72. The molecule has 2 aliphatic carbocycles. The van der Waals surface area contributed by atoms with E-state index in [1.54, 1.807) is 19.2 Å². The number of carbonyl (C=O) groups excluding carboxylic acids is 1. The number of nitrogens with zero attached hydrogens (tertiary/aromatic N) is 1. The number of ether oxygens (including phenoxy) is 2. The van der Waals surface area contributed by atoms with Crippen LogP contribution in [-0.4, -0.2) is 55.3 Å². The molecule has 0 amide bonds. The van der Waals surface area contributed by atoms with Gasteiger partial charge in [0.2, 0.25) is 0 Å². The number of phenolic OH excluding ortho intramolecular Hbond substituents is 2. The van der Waals surface area contributed by atoms with Crippen molar-refractivity contribution in [2.24, 2.45) is 16.1 Å². The van der Waals surface area contributed by atoms with Gasteiger partial charge in [-0.2, -0.15) is 0 Å². The summed E-state index contributed by atoms with van der Waals surface area (Å²) in [4.78, 5) is 17.5. The molecule has 0 atom stereocenters. The molecule has 4 rings (SSSR count). The van der Waals surface area contributed by atoms with Crippen LogP contribution in [0.2, 0.25) is 0 Å². The van der Waals surface area contributed by atoms with Crippen molar-refractivity contribution in [1.82, 2.24) is 5.32 Å². The van der Waals surface area contributed by atoms with Crippen molar-refractivity contribution in [2.45, 2.75) is 76.2 Å². The predicted octanol–water partition coefficient (Wildman–Crippen LogP) is 5.23. The van der Waals surface area contributed by atoms with Crippen molar-refractivity contribution in [3.8, 4) is 23.0 Å². The second kappa shape index (κ2) is 14.0. The molecule has 0 unspecified atom stereocenters. The number of nitrogens with two attached hydrogens (primary N) is 1. The monoisotopic (exact) mass is 578 g/mol. The molecule has 42 heavy (non-hydrogen) atoms. The van der Waals surface area contributed by atoms with E-state index in [0.717, 1.165) is 62.5 Å². The van der Waals surface area contributed by atoms with Crippen LogP contribution in [-0.2, 0) is 17.6 Å². The first-order valence-electron chi connectivity index (χ1n) is 15.0. The van der Waals surface area contributed by atoms with Crippen molar-refractivity contribution in [3.63, 3.8) is 0 Å². The number of ketones is 1. The van der Waals surface area contributed by atoms with Crippen LogP contribution in [0.3, 0.4) is 0 Å². The molecule has 2 aromatic carbocycles. The smallest absolute Gasteiger partial charge is 0.192 e. The van der Waals surface area contributed by atoms with E-state index in [4.69, 9.17) is 15.2 Å². The highest BCUT2D eigenvalue weighted by atomic mass is 16.5. The molecule has 0 radical (unpaired) electrons. The van der Waals surface area contributed by atoms with Gasteiger partial charge in [-0.15, -0.1) is 0 Å². The molecule has 0 aromatic heterocycles. The van der Waals surface area contributed by atoms with Crippen molar-refractivity contribution in [3.05, 3.63) is 53.6 Å². The van der Waals surface area contributed by atoms with E-state index >= 15 is 0 Å². The van der Waals surface area contributed by atoms with Gasteiger partial charge in [-0.3, -0.25) is 9.79 Å². The molecule has 2 aliphatic rings. The number of nitrogens with one attached hydrogen (secondary N) is 2. The summed E-state index contributed by atoms with van der Waals surface area (Å²) in [6.07, 6.45) is 13.4. The third kappa shape index (κ3) is 7.37. The summed E-state index contributed by atoms with van der Waals surface area (Å²) in [5.74, 6) is 1.28. The molecule has 2 fully saturated rings. The average molecular weight is 579 g/mol. The highest BCUT2D eigenvalue weighted by Crippen LogP contribution is 2.44. The summed E-state index contributed by atoms with van der Waals surface area (Å²) < 4.78 is 11.8. The summed E-state index contributed by atoms with van der Waals surface area (Å²) >= 11 is 0. The molecule has 9 heteroatoms. The maximum atomic E-state index is 13.5. The lowest BCUT2D eigenvalue weighted by Crippen LogP contribution is -2.42. The SMILES string of the molecule is CN=C(N)Nc1cc(CCC=CC(=O)C2(Cc3ccc(O)c(OC)c3)CCCC2)cc(OC2(CNC)CCCC2)c1O. The fourth-order valence-corrected chi connectivity index (χ4v) is 6.47. The molecular weight excluding hydrogens is 532 g/mol. The van der Waals surface area contributed by atoms with Crippen molar-refractivity contribution in [2.75, 3.05) is 33.1 Å². The number of allylic oxidation sites excluding steroid dienone is 2. The molecule has 0 aliphatic heterocycles. The molecular formula is C33H46N4O5. The van der Waals surface area contributed by atoms with Crippen molar-refractivity contribution < 1.29 is 24.5 Å². The summed E-state index contributed by atoms with van der Waals surface area (Å²) in [6, 6.07) is 9.06. The van der Waals surface area contributed by atoms with E-state index in [2.05, 4.69) is 15.6 Å². The van der Waals surface area contributed by atoms with Crippen LogP contribution in [0.1, 0.15) is 68.9 Å². The molecule has 0 saturated heterocycles. The number of aromatic hydroxyl groups is 2. The van der Waals surface area contributed by atoms with E-state index in [0.29, 0.717) is 43.0 Å². The molecule has 0 bridgehead atoms. The van der Waals surface area contributed by atoms with Crippen molar-refractivity contribution in [1.29, 1.82) is 0 Å². The minimum Gasteiger partial charge on any atom is -0.504 e. The fraction of sp³-hybridized carbons (Fsp3) is 0.515. The standard InChI is InChI=1S/C33H46N4O5/c1-35-22-33(16-8-9-17-33)42-28-19-23(18-25(30(28)40)37-31(34)36-2)10-4-5-11-29(39)32(14-6-7-15-32)21-24-12-13-26(38)27(20-24)41-3/h5,11-13,18-20,35,38,40H,4,6-10,14-17,21-22H2,1-3H3,(H3,34,36,37). The number of guanidine groups is 1. The number of aliphatic imine (C=N–C) groups is 1. The minimum atomic E-state index is -0.435. The maximum Gasteiger partial charge on any atom is 0.192 e. The van der Waals surface area contributed by atoms with E-state index in [-0.39, 0.29) is 28.8 Å². The number of phenols is 2. The van der Waals surface area contributed by atoms with Gasteiger partial charge in [0.1, 0.15) is 5.60 Å². The number of carbonyl (C=O) groups is 1. The maximum absolute atomic E-state index is 13.5. The number of hydrogen-bond acceptors (Lipinski definition) is 7. The van der Waals surface area contributed by atoms with Gasteiger partial charge < -0.3 is 36.1 Å². The highest BCUT2D eigenvalue weighted by molar-refractivity contribution is 5.95. The molecule has 0 spiro atoms. The molecule has 2 saturated carbocycles. The molecule has 6 N–H and O–H groups in total. The summed E-state index contributed by atoms with van der Waals surface area (Å²) in [5, 5.41) is 27.3. The van der Waals surface area contributed by atoms with Crippen LogP contribution in [0.15, 0.2) is 47.5 Å². The van der Waals surface area contributed by atoms with E-state index in [1.807, 2.05) is 37.4 Å². The Hall–Kier alpha value is -3.72. The number of hydrogen-bond donors (Lipinski definition) is 5. The second-order valence-corrected chi connectivity index (χ2v) is 11.7. The Morgan fingerprint density at radius 1 is 1.05 bits per heavy atom. The van der Waals surface area contributed by atoms with Crippen LogP contribution in [0.5, 0.6) is 23.0 Å². The first-order valence-corrected chi connectivity index (χ1v) is 15.0. The van der Waals surface area contributed by atoms with Gasteiger partial charge in [-0.1, -0.05) is 25.0 Å². The zero-order chi connectivity index (χ0) is 30.2. The molecule has 9 nitrogen and oxygen atoms in total. The lowest BCUT2D eigenvalue weighted by Gasteiger charge is -2.31. The minimum absolute atomic E-state index is 0.00693. The van der Waals surface area contributed by atoms with Crippen LogP contribution in [0.4, 0.5) is 5.69 Å². The summed E-state index contributed by atoms with van der Waals surface area (Å²) in [6.45, 7) is 0.696. The number of benzene rings is 2. The van der Waals surface area contributed by atoms with Gasteiger partial charge in [0.05, 0.1) is 12.8 Å². The van der Waals surface area contributed by atoms with Gasteiger partial charge in [0.25, 0.3) is 0 Å². The quantitative estimate of drug-likeness (QED) is 0.0942. The van der Waals surface area contributed by atoms with Crippen LogP contribution >= 0.6 is 0 Å². The first kappa shape index (κ1) is 31.2. The Morgan fingerprint density at radius 2 is 1.74 bits per heavy atom. The highest BCUT2D eigenvalue weighted by Gasteiger charge is 2.40. The number of rotatable bonds is 13. The Balaban J connectivity index is 1.49. The van der Waals surface area contributed by atoms with Gasteiger partial charge in [0.15, 0.2) is 34.7 Å². The summed E-state index contributed by atoms with van der Waals surface area (Å²) in [7, 11) is 5.02. The van der Waals surface area contributed by atoms with Gasteiger partial charge in [-0.05, 0) is 106 Å². The average Bonchev–Trinajstić information content (AvgIpc) is 3.65. The van der Waals surface area contributed by atoms with E-state index < -0.39 is 5.41 Å². The normalized spacial score (nSPS) is 17.9. The van der Waals surface area contributed by atoms with Gasteiger partial charge >= 0.3 is 0 Å². The summed E-state index contributed by atoms with van der Waals surface area (Å²) in [5.41, 5.74) is 7.51. The largest absolute Gasteiger partial charge is 0.504 e. The Morgan fingerprint density at radius 3 is 2.40 bits per heavy atom. The van der Waals surface area contributed by atoms with Crippen LogP contribution in [0.25, 0.3) is 0 Å². The van der Waals surface area contributed by atoms with Gasteiger partial charge in [-0.25, -0.2) is 0 Å². The predicted molar refractivity (Wildman–Crippen MR) is 167 cm³/mol. The second-order valence-electron chi connectivity index (χ2n) is 11.7. The van der Waals surface area contributed by atoms with E-state index in [9.17, 15) is 15.0 Å². The van der Waals surface area contributed by atoms with Crippen molar-refractivity contribution >= 4 is 17.4 Å². The number of methoxy groups -OCH3 is 1. The third-order valence-corrected chi connectivity index (χ3v) is 8.72. The fourth-order valence-electron chi connectivity index (χ4n) is 6.47. The van der Waals surface area contributed by atoms with Crippen LogP contribution in [0, 0.1) is 5.41 Å². The molecule has 2 aromatic rings. The van der Waals surface area contributed by atoms with E-state index in [1.165, 1.54) is 7.11 Å². The number of aryl methyl sites for hydroxylation is 1. The molecule has 0 heterocycles. The topological polar surface area (TPSA) is 138 Å². The Bertz CT molecular complexity index is 1290. The Kier molecular flexibility index (Phi) is 10.4. The number of anilines is 1. The number of likely N-dealkylation sites (N-methyl/N-ethyl adjacent to an activating group) is 1. The first-order chi connectivity index (χ1) is 20.2. The lowest BCUT2D eigenvalue weighted by molar-refractivity contribution is -0.123. The zero-order valence-corrected chi connectivity index (χ0v) is 25.2.